The smallest absolute Gasteiger partial charge is 0.190 e. The highest BCUT2D eigenvalue weighted by Crippen LogP contribution is 2.21. The Bertz CT molecular complexity index is 604. The zero-order valence-electron chi connectivity index (χ0n) is 13.1. The number of nitrogens with zero attached hydrogens (tertiary/aromatic N) is 3. The second kappa shape index (κ2) is 9.00. The number of thioether (sulfide) groups is 2. The Morgan fingerprint density at radius 3 is 2.77 bits per heavy atom. The molecule has 0 aromatic carbocycles. The van der Waals surface area contributed by atoms with Crippen LogP contribution in [0.1, 0.15) is 30.5 Å². The Hall–Kier alpha value is -1.27. The molecule has 0 atom stereocenters. The SMILES string of the molecule is CSc1cc(N)nc(SCCCCCc2cc(C)ccn2)n1. The average Bonchev–Trinajstić information content (AvgIpc) is 2.50. The molecule has 0 bridgehead atoms. The third kappa shape index (κ3) is 5.85. The molecule has 118 valence electrons. The van der Waals surface area contributed by atoms with Gasteiger partial charge in [0.05, 0.1) is 0 Å². The summed E-state index contributed by atoms with van der Waals surface area (Å²) >= 11 is 3.27. The number of rotatable bonds is 8. The van der Waals surface area contributed by atoms with Crippen molar-refractivity contribution in [1.82, 2.24) is 15.0 Å². The molecule has 2 heterocycles. The van der Waals surface area contributed by atoms with Crippen molar-refractivity contribution in [3.05, 3.63) is 35.7 Å². The van der Waals surface area contributed by atoms with Crippen molar-refractivity contribution in [1.29, 1.82) is 0 Å². The van der Waals surface area contributed by atoms with Crippen LogP contribution in [-0.4, -0.2) is 27.0 Å². The van der Waals surface area contributed by atoms with Crippen LogP contribution >= 0.6 is 23.5 Å². The van der Waals surface area contributed by atoms with Gasteiger partial charge in [0.1, 0.15) is 10.8 Å². The van der Waals surface area contributed by atoms with E-state index in [0.717, 1.165) is 28.8 Å². The number of anilines is 1. The van der Waals surface area contributed by atoms with Gasteiger partial charge in [0.2, 0.25) is 0 Å². The molecule has 0 saturated carbocycles. The largest absolute Gasteiger partial charge is 0.384 e. The standard InChI is InChI=1S/C16H22N4S2/c1-12-7-8-18-13(10-12)6-4-3-5-9-22-16-19-14(17)11-15(20-16)21-2/h7-8,10-11H,3-6,9H2,1-2H3,(H2,17,19,20). The van der Waals surface area contributed by atoms with Gasteiger partial charge in [0.25, 0.3) is 0 Å². The minimum atomic E-state index is 0.548. The normalized spacial score (nSPS) is 10.8. The van der Waals surface area contributed by atoms with Gasteiger partial charge in [-0.05, 0) is 50.1 Å². The molecule has 2 aromatic heterocycles. The first-order chi connectivity index (χ1) is 10.7. The van der Waals surface area contributed by atoms with Crippen LogP contribution in [0.2, 0.25) is 0 Å². The third-order valence-corrected chi connectivity index (χ3v) is 4.75. The van der Waals surface area contributed by atoms with Crippen molar-refractivity contribution in [2.24, 2.45) is 0 Å². The summed E-state index contributed by atoms with van der Waals surface area (Å²) in [5, 5.41) is 1.71. The Balaban J connectivity index is 1.66. The van der Waals surface area contributed by atoms with Gasteiger partial charge in [-0.2, -0.15) is 0 Å². The third-order valence-electron chi connectivity index (χ3n) is 3.19. The van der Waals surface area contributed by atoms with E-state index in [4.69, 9.17) is 5.73 Å². The van der Waals surface area contributed by atoms with Crippen LogP contribution in [0.3, 0.4) is 0 Å². The van der Waals surface area contributed by atoms with E-state index in [9.17, 15) is 0 Å². The predicted octanol–water partition coefficient (Wildman–Crippen LogP) is 3.99. The number of unbranched alkanes of at least 4 members (excludes halogenated alkanes) is 2. The highest BCUT2D eigenvalue weighted by Gasteiger charge is 2.03. The lowest BCUT2D eigenvalue weighted by atomic mass is 10.1. The average molecular weight is 335 g/mol. The van der Waals surface area contributed by atoms with Gasteiger partial charge in [0, 0.05) is 23.7 Å². The second-order valence-electron chi connectivity index (χ2n) is 5.10. The zero-order valence-corrected chi connectivity index (χ0v) is 14.7. The Morgan fingerprint density at radius 1 is 1.14 bits per heavy atom. The molecular formula is C16H22N4S2. The molecule has 2 rings (SSSR count). The number of pyridine rings is 1. The minimum absolute atomic E-state index is 0.548. The molecule has 0 amide bonds. The molecule has 0 unspecified atom stereocenters. The number of hydrogen-bond acceptors (Lipinski definition) is 6. The first-order valence-corrected chi connectivity index (χ1v) is 9.61. The quantitative estimate of drug-likeness (QED) is 0.341. The molecule has 2 N–H and O–H groups in total. The van der Waals surface area contributed by atoms with E-state index in [1.807, 2.05) is 24.6 Å². The fourth-order valence-corrected chi connectivity index (χ4v) is 3.41. The van der Waals surface area contributed by atoms with Gasteiger partial charge in [0.15, 0.2) is 5.16 Å². The molecule has 22 heavy (non-hydrogen) atoms. The molecule has 0 aliphatic rings. The van der Waals surface area contributed by atoms with E-state index in [0.29, 0.717) is 5.82 Å². The predicted molar refractivity (Wildman–Crippen MR) is 95.5 cm³/mol. The van der Waals surface area contributed by atoms with Crippen LogP contribution < -0.4 is 5.73 Å². The summed E-state index contributed by atoms with van der Waals surface area (Å²) in [7, 11) is 0. The first-order valence-electron chi connectivity index (χ1n) is 7.40. The summed E-state index contributed by atoms with van der Waals surface area (Å²) in [5.74, 6) is 1.57. The van der Waals surface area contributed by atoms with Crippen LogP contribution in [0.4, 0.5) is 5.82 Å². The lowest BCUT2D eigenvalue weighted by molar-refractivity contribution is 0.710. The van der Waals surface area contributed by atoms with Crippen LogP contribution in [-0.2, 0) is 6.42 Å². The number of aryl methyl sites for hydroxylation is 2. The number of aromatic nitrogens is 3. The highest BCUT2D eigenvalue weighted by molar-refractivity contribution is 7.99. The lowest BCUT2D eigenvalue weighted by Crippen LogP contribution is -1.96. The lowest BCUT2D eigenvalue weighted by Gasteiger charge is -2.04. The van der Waals surface area contributed by atoms with Gasteiger partial charge in [-0.15, -0.1) is 11.8 Å². The van der Waals surface area contributed by atoms with Crippen LogP contribution in [0, 0.1) is 6.92 Å². The summed E-state index contributed by atoms with van der Waals surface area (Å²) in [6.07, 6.45) is 8.46. The first kappa shape index (κ1) is 17.1. The molecule has 0 aliphatic carbocycles. The van der Waals surface area contributed by atoms with Crippen molar-refractivity contribution in [2.45, 2.75) is 42.8 Å². The van der Waals surface area contributed by atoms with E-state index >= 15 is 0 Å². The summed E-state index contributed by atoms with van der Waals surface area (Å²) in [5.41, 5.74) is 8.25. The van der Waals surface area contributed by atoms with Crippen LogP contribution in [0.5, 0.6) is 0 Å². The van der Waals surface area contributed by atoms with Crippen molar-refractivity contribution in [3.63, 3.8) is 0 Å². The van der Waals surface area contributed by atoms with Crippen molar-refractivity contribution < 1.29 is 0 Å². The molecule has 0 fully saturated rings. The van der Waals surface area contributed by atoms with Crippen LogP contribution in [0.25, 0.3) is 0 Å². The second-order valence-corrected chi connectivity index (χ2v) is 6.99. The van der Waals surface area contributed by atoms with Crippen molar-refractivity contribution in [3.8, 4) is 0 Å². The van der Waals surface area contributed by atoms with Gasteiger partial charge in [-0.3, -0.25) is 4.98 Å². The Kier molecular flexibility index (Phi) is 6.99. The van der Waals surface area contributed by atoms with E-state index in [1.54, 1.807) is 23.5 Å². The van der Waals surface area contributed by atoms with Gasteiger partial charge < -0.3 is 5.73 Å². The summed E-state index contributed by atoms with van der Waals surface area (Å²) in [6, 6.07) is 6.01. The fraction of sp³-hybridized carbons (Fsp3) is 0.438. The monoisotopic (exact) mass is 334 g/mol. The van der Waals surface area contributed by atoms with Gasteiger partial charge in [-0.25, -0.2) is 9.97 Å². The molecule has 0 spiro atoms. The van der Waals surface area contributed by atoms with Crippen molar-refractivity contribution in [2.75, 3.05) is 17.7 Å². The molecule has 6 heteroatoms. The maximum Gasteiger partial charge on any atom is 0.190 e. The van der Waals surface area contributed by atoms with Crippen molar-refractivity contribution >= 4 is 29.3 Å². The molecule has 0 aliphatic heterocycles. The van der Waals surface area contributed by atoms with E-state index in [-0.39, 0.29) is 0 Å². The van der Waals surface area contributed by atoms with Crippen LogP contribution in [0.15, 0.2) is 34.6 Å². The molecule has 0 radical (unpaired) electrons. The minimum Gasteiger partial charge on any atom is -0.384 e. The summed E-state index contributed by atoms with van der Waals surface area (Å²) in [6.45, 7) is 2.11. The molecule has 4 nitrogen and oxygen atoms in total. The number of hydrogen-bond donors (Lipinski definition) is 1. The summed E-state index contributed by atoms with van der Waals surface area (Å²) < 4.78 is 0. The topological polar surface area (TPSA) is 64.7 Å². The maximum atomic E-state index is 5.78. The number of nitrogen functional groups attached to an aromatic ring is 1. The fourth-order valence-electron chi connectivity index (χ4n) is 2.07. The summed E-state index contributed by atoms with van der Waals surface area (Å²) in [4.78, 5) is 13.1. The maximum absolute atomic E-state index is 5.78. The Morgan fingerprint density at radius 2 is 2.00 bits per heavy atom. The van der Waals surface area contributed by atoms with E-state index in [2.05, 4.69) is 27.9 Å². The zero-order chi connectivity index (χ0) is 15.8. The van der Waals surface area contributed by atoms with E-state index in [1.165, 1.54) is 24.1 Å². The van der Waals surface area contributed by atoms with E-state index < -0.39 is 0 Å². The van der Waals surface area contributed by atoms with Gasteiger partial charge in [-0.1, -0.05) is 18.2 Å². The molecule has 2 aromatic rings. The highest BCUT2D eigenvalue weighted by atomic mass is 32.2. The molecular weight excluding hydrogens is 312 g/mol. The molecule has 0 saturated heterocycles. The Labute approximate surface area is 140 Å². The number of nitrogens with two attached hydrogens (primary N) is 1. The van der Waals surface area contributed by atoms with Gasteiger partial charge >= 0.3 is 0 Å².